The maximum Gasteiger partial charge on any atom is 0.253 e. The van der Waals surface area contributed by atoms with Crippen molar-refractivity contribution >= 4 is 11.6 Å². The molecule has 0 spiro atoms. The summed E-state index contributed by atoms with van der Waals surface area (Å²) in [5.41, 5.74) is 7.04. The van der Waals surface area contributed by atoms with Crippen LogP contribution in [0.2, 0.25) is 0 Å². The zero-order chi connectivity index (χ0) is 16.4. The van der Waals surface area contributed by atoms with Crippen molar-refractivity contribution in [2.24, 2.45) is 11.7 Å². The van der Waals surface area contributed by atoms with Crippen LogP contribution in [0.25, 0.3) is 0 Å². The Kier molecular flexibility index (Phi) is 4.85. The van der Waals surface area contributed by atoms with Crippen LogP contribution in [0.15, 0.2) is 18.2 Å². The molecule has 2 fully saturated rings. The van der Waals surface area contributed by atoms with Gasteiger partial charge in [0.2, 0.25) is 0 Å². The third kappa shape index (κ3) is 3.50. The first-order valence-corrected chi connectivity index (χ1v) is 8.65. The second-order valence-electron chi connectivity index (χ2n) is 6.87. The fraction of sp³-hybridized carbons (Fsp3) is 0.611. The molecule has 1 amide bonds. The van der Waals surface area contributed by atoms with E-state index in [1.54, 1.807) is 12.1 Å². The molecule has 2 N–H and O–H groups in total. The van der Waals surface area contributed by atoms with E-state index in [0.29, 0.717) is 23.7 Å². The maximum atomic E-state index is 14.4. The number of amides is 1. The Balaban J connectivity index is 1.73. The second-order valence-corrected chi connectivity index (χ2v) is 6.87. The fourth-order valence-corrected chi connectivity index (χ4v) is 3.66. The van der Waals surface area contributed by atoms with Crippen LogP contribution in [0.3, 0.4) is 0 Å². The summed E-state index contributed by atoms with van der Waals surface area (Å²) in [4.78, 5) is 16.5. The van der Waals surface area contributed by atoms with Gasteiger partial charge in [-0.15, -0.1) is 0 Å². The van der Waals surface area contributed by atoms with Crippen molar-refractivity contribution in [3.8, 4) is 0 Å². The number of benzene rings is 1. The Hall–Kier alpha value is -1.62. The number of rotatable bonds is 3. The van der Waals surface area contributed by atoms with Gasteiger partial charge in [0, 0.05) is 37.8 Å². The number of hydrogen-bond donors (Lipinski definition) is 1. The van der Waals surface area contributed by atoms with Gasteiger partial charge in [-0.1, -0.05) is 0 Å². The third-order valence-corrected chi connectivity index (χ3v) is 5.13. The molecule has 2 aliphatic heterocycles. The predicted molar refractivity (Wildman–Crippen MR) is 90.1 cm³/mol. The Bertz CT molecular complexity index is 569. The molecule has 4 nitrogen and oxygen atoms in total. The minimum Gasteiger partial charge on any atom is -0.369 e. The second kappa shape index (κ2) is 6.87. The summed E-state index contributed by atoms with van der Waals surface area (Å²) in [5, 5.41) is 0. The average Bonchev–Trinajstić information content (AvgIpc) is 3.08. The van der Waals surface area contributed by atoms with Crippen molar-refractivity contribution in [1.82, 2.24) is 4.90 Å². The summed E-state index contributed by atoms with van der Waals surface area (Å²) in [7, 11) is 0. The highest BCUT2D eigenvalue weighted by atomic mass is 19.1. The van der Waals surface area contributed by atoms with Crippen molar-refractivity contribution in [2.45, 2.75) is 38.6 Å². The lowest BCUT2D eigenvalue weighted by Crippen LogP contribution is -2.45. The van der Waals surface area contributed by atoms with E-state index >= 15 is 0 Å². The number of likely N-dealkylation sites (tertiary alicyclic amines) is 1. The molecule has 2 saturated heterocycles. The van der Waals surface area contributed by atoms with Crippen molar-refractivity contribution < 1.29 is 9.18 Å². The van der Waals surface area contributed by atoms with E-state index in [9.17, 15) is 9.18 Å². The summed E-state index contributed by atoms with van der Waals surface area (Å²) in [5.74, 6) is -0.0397. The number of piperidine rings is 1. The smallest absolute Gasteiger partial charge is 0.253 e. The Labute approximate surface area is 137 Å². The SMILES string of the molecule is C[C@H](N)[C@@H]1CCCN(C(=O)c2ccc(N3CCCC3)c(F)c2)C1. The summed E-state index contributed by atoms with van der Waals surface area (Å²) < 4.78 is 14.4. The molecule has 2 atom stereocenters. The number of carbonyl (C=O) groups is 1. The molecule has 1 aromatic rings. The van der Waals surface area contributed by atoms with Crippen LogP contribution in [0.4, 0.5) is 10.1 Å². The zero-order valence-corrected chi connectivity index (χ0v) is 13.8. The van der Waals surface area contributed by atoms with Gasteiger partial charge in [0.05, 0.1) is 5.69 Å². The first kappa shape index (κ1) is 16.2. The van der Waals surface area contributed by atoms with Gasteiger partial charge in [0.25, 0.3) is 5.91 Å². The van der Waals surface area contributed by atoms with E-state index in [0.717, 1.165) is 45.3 Å². The molecule has 2 aliphatic rings. The topological polar surface area (TPSA) is 49.6 Å². The first-order valence-electron chi connectivity index (χ1n) is 8.65. The van der Waals surface area contributed by atoms with Gasteiger partial charge >= 0.3 is 0 Å². The number of hydrogen-bond acceptors (Lipinski definition) is 3. The maximum absolute atomic E-state index is 14.4. The van der Waals surface area contributed by atoms with Crippen LogP contribution in [0.5, 0.6) is 0 Å². The van der Waals surface area contributed by atoms with Gasteiger partial charge in [-0.25, -0.2) is 4.39 Å². The van der Waals surface area contributed by atoms with Crippen LogP contribution in [0, 0.1) is 11.7 Å². The van der Waals surface area contributed by atoms with Crippen molar-refractivity contribution in [2.75, 3.05) is 31.1 Å². The number of nitrogens with zero attached hydrogens (tertiary/aromatic N) is 2. The molecule has 2 heterocycles. The van der Waals surface area contributed by atoms with Crippen LogP contribution in [0.1, 0.15) is 43.0 Å². The lowest BCUT2D eigenvalue weighted by Gasteiger charge is -2.34. The normalized spacial score (nSPS) is 23.2. The highest BCUT2D eigenvalue weighted by Gasteiger charge is 2.27. The Morgan fingerprint density at radius 1 is 1.26 bits per heavy atom. The highest BCUT2D eigenvalue weighted by Crippen LogP contribution is 2.26. The molecule has 0 saturated carbocycles. The standard InChI is InChI=1S/C18H26FN3O/c1-13(20)15-5-4-10-22(12-15)18(23)14-6-7-17(16(19)11-14)21-8-2-3-9-21/h6-7,11,13,15H,2-5,8-10,12,20H2,1H3/t13-,15+/m0/s1. The van der Waals surface area contributed by atoms with Crippen molar-refractivity contribution in [3.05, 3.63) is 29.6 Å². The largest absolute Gasteiger partial charge is 0.369 e. The quantitative estimate of drug-likeness (QED) is 0.932. The molecule has 3 rings (SSSR count). The molecular formula is C18H26FN3O. The lowest BCUT2D eigenvalue weighted by atomic mass is 9.92. The molecular weight excluding hydrogens is 293 g/mol. The van der Waals surface area contributed by atoms with Crippen LogP contribution < -0.4 is 10.6 Å². The minimum absolute atomic E-state index is 0.0813. The predicted octanol–water partition coefficient (Wildman–Crippen LogP) is 2.63. The fourth-order valence-electron chi connectivity index (χ4n) is 3.66. The van der Waals surface area contributed by atoms with Gasteiger partial charge in [-0.05, 0) is 56.7 Å². The number of carbonyl (C=O) groups excluding carboxylic acids is 1. The van der Waals surface area contributed by atoms with Crippen LogP contribution in [-0.2, 0) is 0 Å². The van der Waals surface area contributed by atoms with E-state index in [-0.39, 0.29) is 17.8 Å². The molecule has 0 aromatic heterocycles. The summed E-state index contributed by atoms with van der Waals surface area (Å²) >= 11 is 0. The van der Waals surface area contributed by atoms with Gasteiger partial charge in [0.1, 0.15) is 5.82 Å². The van der Waals surface area contributed by atoms with E-state index in [1.165, 1.54) is 6.07 Å². The van der Waals surface area contributed by atoms with Gasteiger partial charge in [-0.2, -0.15) is 0 Å². The van der Waals surface area contributed by atoms with E-state index in [4.69, 9.17) is 5.73 Å². The van der Waals surface area contributed by atoms with E-state index in [2.05, 4.69) is 4.90 Å². The number of nitrogens with two attached hydrogens (primary N) is 1. The average molecular weight is 319 g/mol. The molecule has 23 heavy (non-hydrogen) atoms. The molecule has 1 aromatic carbocycles. The molecule has 0 unspecified atom stereocenters. The lowest BCUT2D eigenvalue weighted by molar-refractivity contribution is 0.0660. The Morgan fingerprint density at radius 2 is 2.00 bits per heavy atom. The molecule has 0 bridgehead atoms. The van der Waals surface area contributed by atoms with Gasteiger partial charge in [-0.3, -0.25) is 4.79 Å². The zero-order valence-electron chi connectivity index (χ0n) is 13.8. The number of halogens is 1. The van der Waals surface area contributed by atoms with Crippen molar-refractivity contribution in [3.63, 3.8) is 0 Å². The van der Waals surface area contributed by atoms with Crippen molar-refractivity contribution in [1.29, 1.82) is 0 Å². The van der Waals surface area contributed by atoms with Gasteiger partial charge in [0.15, 0.2) is 0 Å². The molecule has 5 heteroatoms. The van der Waals surface area contributed by atoms with E-state index < -0.39 is 0 Å². The first-order chi connectivity index (χ1) is 11.1. The van der Waals surface area contributed by atoms with Gasteiger partial charge < -0.3 is 15.5 Å². The molecule has 126 valence electrons. The number of anilines is 1. The third-order valence-electron chi connectivity index (χ3n) is 5.13. The monoisotopic (exact) mass is 319 g/mol. The summed E-state index contributed by atoms with van der Waals surface area (Å²) in [6, 6.07) is 4.99. The highest BCUT2D eigenvalue weighted by molar-refractivity contribution is 5.94. The molecule has 0 aliphatic carbocycles. The minimum atomic E-state index is -0.293. The summed E-state index contributed by atoms with van der Waals surface area (Å²) in [6.45, 7) is 5.19. The van der Waals surface area contributed by atoms with Crippen LogP contribution in [-0.4, -0.2) is 43.0 Å². The van der Waals surface area contributed by atoms with Crippen LogP contribution >= 0.6 is 0 Å². The molecule has 0 radical (unpaired) electrons. The Morgan fingerprint density at radius 3 is 2.65 bits per heavy atom. The summed E-state index contributed by atoms with van der Waals surface area (Å²) in [6.07, 6.45) is 4.23. The van der Waals surface area contributed by atoms with E-state index in [1.807, 2.05) is 11.8 Å².